The highest BCUT2D eigenvalue weighted by Gasteiger charge is 2.25. The first kappa shape index (κ1) is 13.3. The Hall–Kier alpha value is -2.35. The van der Waals surface area contributed by atoms with Crippen LogP contribution in [0.3, 0.4) is 0 Å². The van der Waals surface area contributed by atoms with Crippen LogP contribution in [-0.4, -0.2) is 21.7 Å². The molecule has 3 heterocycles. The molecule has 4 rings (SSSR count). The van der Waals surface area contributed by atoms with Gasteiger partial charge in [-0.1, -0.05) is 0 Å². The summed E-state index contributed by atoms with van der Waals surface area (Å²) in [6.45, 7) is 3.72. The van der Waals surface area contributed by atoms with E-state index in [9.17, 15) is 5.26 Å². The van der Waals surface area contributed by atoms with E-state index in [1.807, 2.05) is 0 Å². The zero-order valence-electron chi connectivity index (χ0n) is 12.8. The SMILES string of the molecule is Cc1[nH]nc2c1CN(c1nc3c(cc1C#N)CCCC3)CC2. The number of aryl methyl sites for hydroxylation is 3. The minimum Gasteiger partial charge on any atom is -0.351 e. The summed E-state index contributed by atoms with van der Waals surface area (Å²) in [6.07, 6.45) is 5.42. The fourth-order valence-corrected chi connectivity index (χ4v) is 3.56. The summed E-state index contributed by atoms with van der Waals surface area (Å²) in [5.41, 5.74) is 6.71. The molecule has 0 fully saturated rings. The van der Waals surface area contributed by atoms with Crippen molar-refractivity contribution in [1.29, 1.82) is 5.26 Å². The molecule has 0 unspecified atom stereocenters. The molecule has 5 nitrogen and oxygen atoms in total. The number of nitrogens with one attached hydrogen (secondary N) is 1. The van der Waals surface area contributed by atoms with E-state index in [-0.39, 0.29) is 0 Å². The zero-order chi connectivity index (χ0) is 15.1. The van der Waals surface area contributed by atoms with E-state index < -0.39 is 0 Å². The van der Waals surface area contributed by atoms with Crippen molar-refractivity contribution in [2.24, 2.45) is 0 Å². The molecule has 0 amide bonds. The summed E-state index contributed by atoms with van der Waals surface area (Å²) in [5, 5.41) is 17.0. The van der Waals surface area contributed by atoms with E-state index in [2.05, 4.69) is 34.2 Å². The Balaban J connectivity index is 1.74. The van der Waals surface area contributed by atoms with E-state index in [0.717, 1.165) is 49.6 Å². The molecule has 2 aromatic heterocycles. The Kier molecular flexibility index (Phi) is 3.11. The maximum absolute atomic E-state index is 9.53. The van der Waals surface area contributed by atoms with Gasteiger partial charge in [0.05, 0.1) is 11.3 Å². The van der Waals surface area contributed by atoms with Crippen molar-refractivity contribution in [3.63, 3.8) is 0 Å². The van der Waals surface area contributed by atoms with Crippen LogP contribution in [0.1, 0.15) is 46.6 Å². The second-order valence-electron chi connectivity index (χ2n) is 6.23. The number of fused-ring (bicyclic) bond motifs is 2. The lowest BCUT2D eigenvalue weighted by atomic mass is 9.94. The maximum atomic E-state index is 9.53. The molecule has 5 heteroatoms. The molecule has 2 aromatic rings. The third-order valence-electron chi connectivity index (χ3n) is 4.83. The number of hydrogen-bond donors (Lipinski definition) is 1. The molecule has 0 spiro atoms. The molecule has 2 aliphatic rings. The van der Waals surface area contributed by atoms with Crippen LogP contribution in [0.25, 0.3) is 0 Å². The number of anilines is 1. The highest BCUT2D eigenvalue weighted by molar-refractivity contribution is 5.57. The molecule has 1 aliphatic carbocycles. The van der Waals surface area contributed by atoms with Gasteiger partial charge in [0.2, 0.25) is 0 Å². The molecule has 0 saturated heterocycles. The standard InChI is InChI=1S/C17H19N5/c1-11-14-10-22(7-6-16(14)21-20-11)17-13(9-18)8-12-4-2-3-5-15(12)19-17/h8H,2-7,10H2,1H3,(H,20,21). The van der Waals surface area contributed by atoms with Crippen molar-refractivity contribution in [2.45, 2.75) is 45.6 Å². The first-order valence-corrected chi connectivity index (χ1v) is 7.97. The summed E-state index contributed by atoms with van der Waals surface area (Å²) >= 11 is 0. The predicted molar refractivity (Wildman–Crippen MR) is 83.7 cm³/mol. The van der Waals surface area contributed by atoms with Crippen LogP contribution < -0.4 is 4.90 Å². The highest BCUT2D eigenvalue weighted by Crippen LogP contribution is 2.30. The molecule has 0 atom stereocenters. The molecule has 0 saturated carbocycles. The van der Waals surface area contributed by atoms with Crippen molar-refractivity contribution in [1.82, 2.24) is 15.2 Å². The first-order chi connectivity index (χ1) is 10.8. The number of nitrogens with zero attached hydrogens (tertiary/aromatic N) is 4. The lowest BCUT2D eigenvalue weighted by Gasteiger charge is -2.29. The molecule has 1 aliphatic heterocycles. The Morgan fingerprint density at radius 2 is 2.09 bits per heavy atom. The van der Waals surface area contributed by atoms with Crippen molar-refractivity contribution in [3.05, 3.63) is 39.8 Å². The number of aromatic nitrogens is 3. The van der Waals surface area contributed by atoms with Crippen LogP contribution in [0.5, 0.6) is 0 Å². The molecule has 112 valence electrons. The van der Waals surface area contributed by atoms with Gasteiger partial charge in [-0.3, -0.25) is 5.10 Å². The molecule has 0 bridgehead atoms. The Labute approximate surface area is 130 Å². The molecule has 0 aromatic carbocycles. The smallest absolute Gasteiger partial charge is 0.147 e. The molecular formula is C17H19N5. The van der Waals surface area contributed by atoms with E-state index in [0.29, 0.717) is 5.56 Å². The van der Waals surface area contributed by atoms with Gasteiger partial charge in [0.1, 0.15) is 11.9 Å². The van der Waals surface area contributed by atoms with Gasteiger partial charge in [0.15, 0.2) is 0 Å². The normalized spacial score (nSPS) is 16.8. The van der Waals surface area contributed by atoms with Crippen molar-refractivity contribution >= 4 is 5.82 Å². The first-order valence-electron chi connectivity index (χ1n) is 7.97. The fourth-order valence-electron chi connectivity index (χ4n) is 3.56. The van der Waals surface area contributed by atoms with Crippen molar-refractivity contribution in [2.75, 3.05) is 11.4 Å². The summed E-state index contributed by atoms with van der Waals surface area (Å²) in [5.74, 6) is 0.856. The second kappa shape index (κ2) is 5.13. The Bertz CT molecular complexity index is 768. The van der Waals surface area contributed by atoms with Crippen molar-refractivity contribution in [3.8, 4) is 6.07 Å². The average Bonchev–Trinajstić information content (AvgIpc) is 2.94. The summed E-state index contributed by atoms with van der Waals surface area (Å²) in [7, 11) is 0. The van der Waals surface area contributed by atoms with Crippen molar-refractivity contribution < 1.29 is 0 Å². The van der Waals surface area contributed by atoms with Gasteiger partial charge in [-0.05, 0) is 44.2 Å². The largest absolute Gasteiger partial charge is 0.351 e. The van der Waals surface area contributed by atoms with Crippen LogP contribution in [0.2, 0.25) is 0 Å². The zero-order valence-corrected chi connectivity index (χ0v) is 12.8. The minimum absolute atomic E-state index is 0.713. The Morgan fingerprint density at radius 1 is 1.23 bits per heavy atom. The Morgan fingerprint density at radius 3 is 2.95 bits per heavy atom. The van der Waals surface area contributed by atoms with Crippen LogP contribution >= 0.6 is 0 Å². The van der Waals surface area contributed by atoms with E-state index in [1.54, 1.807) is 0 Å². The lowest BCUT2D eigenvalue weighted by Crippen LogP contribution is -2.32. The van der Waals surface area contributed by atoms with Crippen LogP contribution in [0, 0.1) is 18.3 Å². The maximum Gasteiger partial charge on any atom is 0.147 e. The predicted octanol–water partition coefficient (Wildman–Crippen LogP) is 2.43. The highest BCUT2D eigenvalue weighted by atomic mass is 15.2. The molecular weight excluding hydrogens is 274 g/mol. The summed E-state index contributed by atoms with van der Waals surface area (Å²) < 4.78 is 0. The van der Waals surface area contributed by atoms with Gasteiger partial charge in [-0.2, -0.15) is 10.4 Å². The van der Waals surface area contributed by atoms with Crippen LogP contribution in [0.15, 0.2) is 6.07 Å². The summed E-state index contributed by atoms with van der Waals surface area (Å²) in [6, 6.07) is 4.41. The van der Waals surface area contributed by atoms with Crippen LogP contribution in [0.4, 0.5) is 5.82 Å². The van der Waals surface area contributed by atoms with E-state index in [4.69, 9.17) is 4.98 Å². The van der Waals surface area contributed by atoms with Gasteiger partial charge in [0.25, 0.3) is 0 Å². The van der Waals surface area contributed by atoms with Gasteiger partial charge >= 0.3 is 0 Å². The third kappa shape index (κ3) is 2.07. The monoisotopic (exact) mass is 293 g/mol. The van der Waals surface area contributed by atoms with Gasteiger partial charge in [-0.15, -0.1) is 0 Å². The van der Waals surface area contributed by atoms with E-state index >= 15 is 0 Å². The topological polar surface area (TPSA) is 68.6 Å². The molecule has 22 heavy (non-hydrogen) atoms. The number of rotatable bonds is 1. The quantitative estimate of drug-likeness (QED) is 0.876. The number of aromatic amines is 1. The number of hydrogen-bond acceptors (Lipinski definition) is 4. The second-order valence-corrected chi connectivity index (χ2v) is 6.23. The molecule has 0 radical (unpaired) electrons. The third-order valence-corrected chi connectivity index (χ3v) is 4.83. The number of nitriles is 1. The van der Waals surface area contributed by atoms with E-state index in [1.165, 1.54) is 29.7 Å². The molecule has 1 N–H and O–H groups in total. The number of pyridine rings is 1. The fraction of sp³-hybridized carbons (Fsp3) is 0.471. The average molecular weight is 293 g/mol. The van der Waals surface area contributed by atoms with Crippen LogP contribution in [-0.2, 0) is 25.8 Å². The lowest BCUT2D eigenvalue weighted by molar-refractivity contribution is 0.657. The minimum atomic E-state index is 0.713. The van der Waals surface area contributed by atoms with Gasteiger partial charge < -0.3 is 4.90 Å². The number of H-pyrrole nitrogens is 1. The van der Waals surface area contributed by atoms with Gasteiger partial charge in [0, 0.05) is 36.5 Å². The summed E-state index contributed by atoms with van der Waals surface area (Å²) in [4.78, 5) is 7.10. The van der Waals surface area contributed by atoms with Gasteiger partial charge in [-0.25, -0.2) is 4.98 Å².